The second kappa shape index (κ2) is 6.49. The molecule has 0 spiro atoms. The van der Waals surface area contributed by atoms with Gasteiger partial charge < -0.3 is 10.4 Å². The van der Waals surface area contributed by atoms with Gasteiger partial charge in [-0.2, -0.15) is 12.6 Å². The molecule has 0 rings (SSSR count). The Morgan fingerprint density at radius 3 is 2.82 bits per heavy atom. The van der Waals surface area contributed by atoms with Gasteiger partial charge >= 0.3 is 0 Å². The summed E-state index contributed by atoms with van der Waals surface area (Å²) in [5.41, 5.74) is 0. The van der Waals surface area contributed by atoms with Crippen molar-refractivity contribution in [3.8, 4) is 0 Å². The molecule has 1 atom stereocenters. The molecule has 2 N–H and O–H groups in total. The van der Waals surface area contributed by atoms with Crippen molar-refractivity contribution >= 4 is 18.5 Å². The number of aliphatic hydroxyl groups is 1. The fourth-order valence-electron chi connectivity index (χ4n) is 0.610. The van der Waals surface area contributed by atoms with Crippen LogP contribution in [0.3, 0.4) is 0 Å². The molecule has 0 saturated carbocycles. The molecule has 0 radical (unpaired) electrons. The maximum absolute atomic E-state index is 10.8. The molecular weight excluding hydrogens is 162 g/mol. The number of thiol groups is 1. The minimum Gasteiger partial charge on any atom is -0.393 e. The number of rotatable bonds is 5. The molecule has 0 aromatic carbocycles. The smallest absolute Gasteiger partial charge is 0.220 e. The Morgan fingerprint density at radius 2 is 2.36 bits per heavy atom. The molecular formula is C7H15NO2S. The van der Waals surface area contributed by atoms with Gasteiger partial charge in [0.15, 0.2) is 0 Å². The van der Waals surface area contributed by atoms with Gasteiger partial charge in [-0.3, -0.25) is 4.79 Å². The van der Waals surface area contributed by atoms with E-state index in [4.69, 9.17) is 5.11 Å². The highest BCUT2D eigenvalue weighted by atomic mass is 32.1. The van der Waals surface area contributed by atoms with Gasteiger partial charge in [-0.15, -0.1) is 0 Å². The van der Waals surface area contributed by atoms with E-state index in [1.165, 1.54) is 0 Å². The molecule has 11 heavy (non-hydrogen) atoms. The lowest BCUT2D eigenvalue weighted by molar-refractivity contribution is -0.120. The number of nitrogens with one attached hydrogen (secondary N) is 1. The Labute approximate surface area is 72.6 Å². The maximum atomic E-state index is 10.8. The van der Waals surface area contributed by atoms with E-state index in [9.17, 15) is 4.79 Å². The molecule has 0 heterocycles. The Kier molecular flexibility index (Phi) is 6.36. The molecule has 0 aliphatic heterocycles. The number of amides is 1. The predicted octanol–water partition coefficient (Wildman–Crippen LogP) is 0.193. The lowest BCUT2D eigenvalue weighted by atomic mass is 10.3. The Balaban J connectivity index is 3.17. The summed E-state index contributed by atoms with van der Waals surface area (Å²) in [6, 6.07) is 0. The van der Waals surface area contributed by atoms with E-state index in [0.717, 1.165) is 0 Å². The molecule has 4 heteroatoms. The zero-order valence-electron chi connectivity index (χ0n) is 6.71. The van der Waals surface area contributed by atoms with E-state index in [1.807, 2.05) is 0 Å². The van der Waals surface area contributed by atoms with Crippen LogP contribution in [0, 0.1) is 0 Å². The number of aliphatic hydroxyl groups excluding tert-OH is 1. The zero-order chi connectivity index (χ0) is 8.69. The van der Waals surface area contributed by atoms with Crippen LogP contribution in [0.2, 0.25) is 0 Å². The van der Waals surface area contributed by atoms with Crippen LogP contribution in [0.5, 0.6) is 0 Å². The van der Waals surface area contributed by atoms with Crippen molar-refractivity contribution in [1.82, 2.24) is 5.32 Å². The molecule has 0 bridgehead atoms. The van der Waals surface area contributed by atoms with E-state index in [1.54, 1.807) is 6.92 Å². The Bertz CT molecular complexity index is 117. The zero-order valence-corrected chi connectivity index (χ0v) is 7.60. The van der Waals surface area contributed by atoms with Crippen molar-refractivity contribution in [3.05, 3.63) is 0 Å². The van der Waals surface area contributed by atoms with Crippen LogP contribution in [-0.2, 0) is 4.79 Å². The molecule has 66 valence electrons. The van der Waals surface area contributed by atoms with Gasteiger partial charge in [-0.25, -0.2) is 0 Å². The van der Waals surface area contributed by atoms with Crippen molar-refractivity contribution in [1.29, 1.82) is 0 Å². The molecule has 0 aromatic heterocycles. The van der Waals surface area contributed by atoms with Crippen LogP contribution < -0.4 is 5.32 Å². The van der Waals surface area contributed by atoms with Crippen LogP contribution in [0.4, 0.5) is 0 Å². The topological polar surface area (TPSA) is 49.3 Å². The number of carbonyl (C=O) groups is 1. The number of hydrogen-bond donors (Lipinski definition) is 3. The fourth-order valence-corrected chi connectivity index (χ4v) is 0.813. The second-order valence-corrected chi connectivity index (χ2v) is 2.91. The van der Waals surface area contributed by atoms with Crippen LogP contribution >= 0.6 is 12.6 Å². The first-order valence-electron chi connectivity index (χ1n) is 3.72. The van der Waals surface area contributed by atoms with Crippen molar-refractivity contribution in [3.63, 3.8) is 0 Å². The number of hydrogen-bond acceptors (Lipinski definition) is 3. The van der Waals surface area contributed by atoms with Crippen molar-refractivity contribution in [2.24, 2.45) is 0 Å². The Hall–Kier alpha value is -0.220. The fraction of sp³-hybridized carbons (Fsp3) is 0.857. The van der Waals surface area contributed by atoms with Gasteiger partial charge in [0.05, 0.1) is 6.10 Å². The van der Waals surface area contributed by atoms with Crippen LogP contribution in [0.15, 0.2) is 0 Å². The summed E-state index contributed by atoms with van der Waals surface area (Å²) in [5.74, 6) is 0.571. The molecule has 3 nitrogen and oxygen atoms in total. The summed E-state index contributed by atoms with van der Waals surface area (Å²) < 4.78 is 0. The molecule has 0 aliphatic rings. The summed E-state index contributed by atoms with van der Waals surface area (Å²) in [5, 5.41) is 11.5. The summed E-state index contributed by atoms with van der Waals surface area (Å²) in [6.45, 7) is 2.25. The Morgan fingerprint density at radius 1 is 1.73 bits per heavy atom. The average molecular weight is 177 g/mol. The largest absolute Gasteiger partial charge is 0.393 e. The molecule has 0 saturated heterocycles. The van der Waals surface area contributed by atoms with Gasteiger partial charge in [0.1, 0.15) is 0 Å². The first-order valence-corrected chi connectivity index (χ1v) is 4.35. The van der Waals surface area contributed by atoms with Gasteiger partial charge in [-0.1, -0.05) is 0 Å². The quantitative estimate of drug-likeness (QED) is 0.525. The van der Waals surface area contributed by atoms with Crippen LogP contribution in [-0.4, -0.2) is 29.4 Å². The third kappa shape index (κ3) is 7.68. The van der Waals surface area contributed by atoms with Gasteiger partial charge in [0.25, 0.3) is 0 Å². The maximum Gasteiger partial charge on any atom is 0.220 e. The summed E-state index contributed by atoms with van der Waals surface area (Å²) in [6.07, 6.45) is 0.715. The minimum absolute atomic E-state index is 0.000602. The molecule has 1 amide bonds. The highest BCUT2D eigenvalue weighted by Gasteiger charge is 1.99. The predicted molar refractivity (Wildman–Crippen MR) is 47.8 cm³/mol. The van der Waals surface area contributed by atoms with Gasteiger partial charge in [0.2, 0.25) is 5.91 Å². The van der Waals surface area contributed by atoms with Crippen molar-refractivity contribution < 1.29 is 9.90 Å². The highest BCUT2D eigenvalue weighted by Crippen LogP contribution is 1.87. The first-order chi connectivity index (χ1) is 5.16. The highest BCUT2D eigenvalue weighted by molar-refractivity contribution is 7.80. The van der Waals surface area contributed by atoms with E-state index in [0.29, 0.717) is 25.1 Å². The first kappa shape index (κ1) is 10.8. The van der Waals surface area contributed by atoms with E-state index >= 15 is 0 Å². The number of carbonyl (C=O) groups excluding carboxylic acids is 1. The lowest BCUT2D eigenvalue weighted by Crippen LogP contribution is -2.26. The molecule has 0 aliphatic carbocycles. The normalized spacial score (nSPS) is 12.6. The van der Waals surface area contributed by atoms with Crippen molar-refractivity contribution in [2.45, 2.75) is 25.9 Å². The lowest BCUT2D eigenvalue weighted by Gasteiger charge is -2.05. The standard InChI is InChI=1S/C7H15NO2S/c1-6(9)2-4-8-7(10)3-5-11/h6,9,11H,2-5H2,1H3,(H,8,10). The molecule has 0 fully saturated rings. The average Bonchev–Trinajstić information content (AvgIpc) is 1.87. The SMILES string of the molecule is CC(O)CCNC(=O)CCS. The third-order valence-electron chi connectivity index (χ3n) is 1.22. The minimum atomic E-state index is -0.341. The van der Waals surface area contributed by atoms with Crippen LogP contribution in [0.1, 0.15) is 19.8 Å². The third-order valence-corrected chi connectivity index (χ3v) is 1.45. The summed E-state index contributed by atoms with van der Waals surface area (Å²) in [7, 11) is 0. The van der Waals surface area contributed by atoms with Crippen LogP contribution in [0.25, 0.3) is 0 Å². The van der Waals surface area contributed by atoms with Crippen molar-refractivity contribution in [2.75, 3.05) is 12.3 Å². The second-order valence-electron chi connectivity index (χ2n) is 2.46. The van der Waals surface area contributed by atoms with E-state index in [2.05, 4.69) is 17.9 Å². The van der Waals surface area contributed by atoms with E-state index < -0.39 is 0 Å². The van der Waals surface area contributed by atoms with E-state index in [-0.39, 0.29) is 12.0 Å². The molecule has 1 unspecified atom stereocenters. The summed E-state index contributed by atoms with van der Waals surface area (Å²) in [4.78, 5) is 10.8. The molecule has 0 aromatic rings. The van der Waals surface area contributed by atoms with Gasteiger partial charge in [-0.05, 0) is 19.1 Å². The summed E-state index contributed by atoms with van der Waals surface area (Å²) >= 11 is 3.91. The monoisotopic (exact) mass is 177 g/mol. The van der Waals surface area contributed by atoms with Gasteiger partial charge in [0, 0.05) is 13.0 Å².